The Morgan fingerprint density at radius 2 is 2.67 bits per heavy atom. The number of aliphatic imine (C=N–C) groups is 1. The van der Waals surface area contributed by atoms with E-state index in [0.717, 1.165) is 12.0 Å². The summed E-state index contributed by atoms with van der Waals surface area (Å²) in [5, 5.41) is 0. The SMILES string of the molecule is C=N[CH-]C1=CCC=C=C1. The molecule has 0 unspecified atom stereocenters. The average Bonchev–Trinajstić information content (AvgIpc) is 1.91. The lowest BCUT2D eigenvalue weighted by Crippen LogP contribution is -1.78. The maximum absolute atomic E-state index is 3.63. The molecule has 0 bridgehead atoms. The van der Waals surface area contributed by atoms with Crippen LogP contribution in [0.2, 0.25) is 0 Å². The minimum Gasteiger partial charge on any atom is -0.367 e. The van der Waals surface area contributed by atoms with E-state index in [1.54, 1.807) is 6.54 Å². The van der Waals surface area contributed by atoms with E-state index in [4.69, 9.17) is 0 Å². The summed E-state index contributed by atoms with van der Waals surface area (Å²) in [5.41, 5.74) is 4.07. The number of hydrogen-bond acceptors (Lipinski definition) is 1. The summed E-state index contributed by atoms with van der Waals surface area (Å²) >= 11 is 0. The highest BCUT2D eigenvalue weighted by Crippen LogP contribution is 2.06. The van der Waals surface area contributed by atoms with Crippen molar-refractivity contribution in [1.82, 2.24) is 0 Å². The fraction of sp³-hybridized carbons (Fsp3) is 0.125. The van der Waals surface area contributed by atoms with Gasteiger partial charge in [-0.1, -0.05) is 25.4 Å². The summed E-state index contributed by atoms with van der Waals surface area (Å²) < 4.78 is 0. The van der Waals surface area contributed by atoms with Crippen molar-refractivity contribution in [2.75, 3.05) is 0 Å². The van der Waals surface area contributed by atoms with Gasteiger partial charge in [-0.3, -0.25) is 0 Å². The molecule has 0 aromatic carbocycles. The van der Waals surface area contributed by atoms with Crippen LogP contribution >= 0.6 is 0 Å². The molecular formula is C8H8N-. The molecule has 1 nitrogen and oxygen atoms in total. The number of hydrogen-bond donors (Lipinski definition) is 0. The smallest absolute Gasteiger partial charge is 0.0434 e. The van der Waals surface area contributed by atoms with Crippen LogP contribution in [0.3, 0.4) is 0 Å². The van der Waals surface area contributed by atoms with Gasteiger partial charge < -0.3 is 4.99 Å². The molecule has 0 aliphatic heterocycles. The molecule has 0 spiro atoms. The van der Waals surface area contributed by atoms with Gasteiger partial charge in [-0.15, -0.1) is 5.57 Å². The maximum atomic E-state index is 3.63. The lowest BCUT2D eigenvalue weighted by atomic mass is 10.1. The van der Waals surface area contributed by atoms with Crippen molar-refractivity contribution in [1.29, 1.82) is 0 Å². The average molecular weight is 118 g/mol. The highest BCUT2D eigenvalue weighted by atomic mass is 14.7. The van der Waals surface area contributed by atoms with Gasteiger partial charge in [0.1, 0.15) is 0 Å². The Kier molecular flexibility index (Phi) is 1.95. The molecule has 0 aromatic heterocycles. The molecule has 1 rings (SSSR count). The van der Waals surface area contributed by atoms with Gasteiger partial charge in [0.25, 0.3) is 0 Å². The van der Waals surface area contributed by atoms with Crippen molar-refractivity contribution in [2.24, 2.45) is 4.99 Å². The molecular weight excluding hydrogens is 110 g/mol. The zero-order valence-corrected chi connectivity index (χ0v) is 5.17. The Morgan fingerprint density at radius 3 is 3.22 bits per heavy atom. The minimum atomic E-state index is 0.956. The van der Waals surface area contributed by atoms with Crippen LogP contribution in [0.1, 0.15) is 6.42 Å². The van der Waals surface area contributed by atoms with Crippen LogP contribution in [0.5, 0.6) is 0 Å². The third-order valence-electron chi connectivity index (χ3n) is 1.08. The van der Waals surface area contributed by atoms with Crippen molar-refractivity contribution >= 4 is 6.72 Å². The fourth-order valence-corrected chi connectivity index (χ4v) is 0.673. The van der Waals surface area contributed by atoms with Crippen LogP contribution in [0.4, 0.5) is 0 Å². The largest absolute Gasteiger partial charge is 0.367 e. The number of nitrogens with zero attached hydrogens (tertiary/aromatic N) is 1. The fourth-order valence-electron chi connectivity index (χ4n) is 0.673. The molecule has 0 atom stereocenters. The molecule has 1 aliphatic carbocycles. The molecule has 0 saturated carbocycles. The lowest BCUT2D eigenvalue weighted by molar-refractivity contribution is 1.28. The van der Waals surface area contributed by atoms with Crippen LogP contribution in [-0.4, -0.2) is 6.72 Å². The molecule has 0 radical (unpaired) electrons. The Bertz CT molecular complexity index is 193. The molecule has 0 amide bonds. The molecule has 1 heteroatoms. The standard InChI is InChI=1S/C8H8N/c1-9-7-8-5-3-2-4-6-8/h2,5-7H,1,3H2/q-1. The van der Waals surface area contributed by atoms with E-state index in [9.17, 15) is 0 Å². The molecule has 9 heavy (non-hydrogen) atoms. The highest BCUT2D eigenvalue weighted by molar-refractivity contribution is 5.34. The van der Waals surface area contributed by atoms with Crippen LogP contribution in [-0.2, 0) is 0 Å². The Hall–Kier alpha value is -1.20. The van der Waals surface area contributed by atoms with Gasteiger partial charge in [-0.05, 0) is 6.42 Å². The molecule has 0 saturated heterocycles. The zero-order valence-electron chi connectivity index (χ0n) is 5.17. The summed E-state index contributed by atoms with van der Waals surface area (Å²) in [6, 6.07) is 0. The first-order chi connectivity index (χ1) is 4.43. The minimum absolute atomic E-state index is 0.956. The first-order valence-electron chi connectivity index (χ1n) is 2.83. The predicted octanol–water partition coefficient (Wildman–Crippen LogP) is 1.89. The summed E-state index contributed by atoms with van der Waals surface area (Å²) in [5.74, 6) is 0. The van der Waals surface area contributed by atoms with Crippen LogP contribution < -0.4 is 0 Å². The van der Waals surface area contributed by atoms with Crippen molar-refractivity contribution in [3.8, 4) is 0 Å². The molecule has 0 N–H and O–H groups in total. The van der Waals surface area contributed by atoms with Crippen LogP contribution in [0.15, 0.2) is 34.5 Å². The number of allylic oxidation sites excluding steroid dienone is 1. The van der Waals surface area contributed by atoms with Gasteiger partial charge >= 0.3 is 0 Å². The lowest BCUT2D eigenvalue weighted by Gasteiger charge is -2.04. The van der Waals surface area contributed by atoms with E-state index in [1.165, 1.54) is 0 Å². The molecule has 1 aliphatic rings. The van der Waals surface area contributed by atoms with Gasteiger partial charge in [-0.25, -0.2) is 0 Å². The van der Waals surface area contributed by atoms with Crippen LogP contribution in [0, 0.1) is 6.54 Å². The summed E-state index contributed by atoms with van der Waals surface area (Å²) in [6.07, 6.45) is 6.89. The van der Waals surface area contributed by atoms with Crippen molar-refractivity contribution in [3.63, 3.8) is 0 Å². The predicted molar refractivity (Wildman–Crippen MR) is 39.2 cm³/mol. The second kappa shape index (κ2) is 2.95. The Balaban J connectivity index is 2.60. The monoisotopic (exact) mass is 118 g/mol. The number of rotatable bonds is 2. The van der Waals surface area contributed by atoms with E-state index in [1.807, 2.05) is 12.2 Å². The topological polar surface area (TPSA) is 12.4 Å². The van der Waals surface area contributed by atoms with E-state index in [-0.39, 0.29) is 0 Å². The third-order valence-corrected chi connectivity index (χ3v) is 1.08. The second-order valence-corrected chi connectivity index (χ2v) is 1.77. The quantitative estimate of drug-likeness (QED) is 0.298. The zero-order chi connectivity index (χ0) is 6.53. The summed E-state index contributed by atoms with van der Waals surface area (Å²) in [6.45, 7) is 5.07. The van der Waals surface area contributed by atoms with E-state index in [2.05, 4.69) is 23.5 Å². The van der Waals surface area contributed by atoms with Gasteiger partial charge in [0.15, 0.2) is 0 Å². The Morgan fingerprint density at radius 1 is 1.78 bits per heavy atom. The molecule has 0 heterocycles. The van der Waals surface area contributed by atoms with Gasteiger partial charge in [0.2, 0.25) is 0 Å². The van der Waals surface area contributed by atoms with E-state index < -0.39 is 0 Å². The third kappa shape index (κ3) is 1.63. The van der Waals surface area contributed by atoms with Gasteiger partial charge in [0, 0.05) is 0 Å². The van der Waals surface area contributed by atoms with E-state index >= 15 is 0 Å². The molecule has 46 valence electrons. The van der Waals surface area contributed by atoms with Gasteiger partial charge in [0.05, 0.1) is 0 Å². The Labute approximate surface area is 55.1 Å². The summed E-state index contributed by atoms with van der Waals surface area (Å²) in [4.78, 5) is 3.63. The van der Waals surface area contributed by atoms with E-state index in [0.29, 0.717) is 0 Å². The summed E-state index contributed by atoms with van der Waals surface area (Å²) in [7, 11) is 0. The highest BCUT2D eigenvalue weighted by Gasteiger charge is 1.81. The normalized spacial score (nSPS) is 14.9. The van der Waals surface area contributed by atoms with Crippen molar-refractivity contribution in [3.05, 3.63) is 36.1 Å². The maximum Gasteiger partial charge on any atom is -0.0434 e. The first-order valence-corrected chi connectivity index (χ1v) is 2.83. The van der Waals surface area contributed by atoms with Crippen LogP contribution in [0.25, 0.3) is 0 Å². The molecule has 0 fully saturated rings. The first kappa shape index (κ1) is 5.93. The van der Waals surface area contributed by atoms with Gasteiger partial charge in [-0.2, -0.15) is 11.8 Å². The molecule has 0 aromatic rings. The van der Waals surface area contributed by atoms with Crippen molar-refractivity contribution in [2.45, 2.75) is 6.42 Å². The van der Waals surface area contributed by atoms with Crippen molar-refractivity contribution < 1.29 is 0 Å². The second-order valence-electron chi connectivity index (χ2n) is 1.77.